The summed E-state index contributed by atoms with van der Waals surface area (Å²) in [5.74, 6) is -0.436. The van der Waals surface area contributed by atoms with Crippen LogP contribution in [0.2, 0.25) is 0 Å². The second-order valence-electron chi connectivity index (χ2n) is 5.57. The lowest BCUT2D eigenvalue weighted by molar-refractivity contribution is -0.149. The van der Waals surface area contributed by atoms with Gasteiger partial charge in [0.2, 0.25) is 0 Å². The Bertz CT molecular complexity index is 379. The summed E-state index contributed by atoms with van der Waals surface area (Å²) in [6.07, 6.45) is 0. The maximum atomic E-state index is 12.3. The molecule has 0 saturated carbocycles. The smallest absolute Gasteiger partial charge is 0.314 e. The van der Waals surface area contributed by atoms with Crippen LogP contribution in [-0.2, 0) is 14.3 Å². The van der Waals surface area contributed by atoms with E-state index in [1.807, 2.05) is 37.3 Å². The molecule has 1 rings (SSSR count). The van der Waals surface area contributed by atoms with Gasteiger partial charge in [-0.15, -0.1) is 0 Å². The lowest BCUT2D eigenvalue weighted by Gasteiger charge is -2.29. The van der Waals surface area contributed by atoms with Gasteiger partial charge in [0.1, 0.15) is 6.61 Å². The third-order valence-electron chi connectivity index (χ3n) is 2.91. The third kappa shape index (κ3) is 5.03. The van der Waals surface area contributed by atoms with Crippen LogP contribution in [0.3, 0.4) is 0 Å². The lowest BCUT2D eigenvalue weighted by Crippen LogP contribution is -2.29. The predicted molar refractivity (Wildman–Crippen MR) is 76.1 cm³/mol. The first-order valence-corrected chi connectivity index (χ1v) is 6.76. The molecule has 3 heteroatoms. The molecular formula is C16H24O3. The highest BCUT2D eigenvalue weighted by molar-refractivity contribution is 5.79. The van der Waals surface area contributed by atoms with Crippen molar-refractivity contribution in [3.63, 3.8) is 0 Å². The lowest BCUT2D eigenvalue weighted by atomic mass is 9.76. The maximum Gasteiger partial charge on any atom is 0.314 e. The zero-order valence-electron chi connectivity index (χ0n) is 12.3. The van der Waals surface area contributed by atoms with Gasteiger partial charge in [0.25, 0.3) is 0 Å². The van der Waals surface area contributed by atoms with Gasteiger partial charge < -0.3 is 9.47 Å². The number of benzene rings is 1. The van der Waals surface area contributed by atoms with Gasteiger partial charge in [-0.3, -0.25) is 4.79 Å². The molecule has 3 nitrogen and oxygen atoms in total. The summed E-state index contributed by atoms with van der Waals surface area (Å²) in [7, 11) is 0. The Morgan fingerprint density at radius 1 is 1.16 bits per heavy atom. The molecule has 0 aromatic heterocycles. The molecule has 0 heterocycles. The minimum Gasteiger partial charge on any atom is -0.463 e. The van der Waals surface area contributed by atoms with Crippen LogP contribution in [0.4, 0.5) is 0 Å². The first-order chi connectivity index (χ1) is 8.96. The molecule has 19 heavy (non-hydrogen) atoms. The quantitative estimate of drug-likeness (QED) is 0.583. The summed E-state index contributed by atoms with van der Waals surface area (Å²) in [4.78, 5) is 12.3. The molecule has 1 atom stereocenters. The minimum absolute atomic E-state index is 0.177. The standard InChI is InChI=1S/C16H24O3/c1-5-18-11-12-19-15(17)14(16(2,3)4)13-9-7-6-8-10-13/h6-10,14H,5,11-12H2,1-4H3. The van der Waals surface area contributed by atoms with Gasteiger partial charge in [0, 0.05) is 6.61 Å². The van der Waals surface area contributed by atoms with E-state index in [4.69, 9.17) is 9.47 Å². The van der Waals surface area contributed by atoms with Crippen LogP contribution >= 0.6 is 0 Å². The number of ether oxygens (including phenoxy) is 2. The molecule has 1 aromatic rings. The van der Waals surface area contributed by atoms with Crippen LogP contribution in [-0.4, -0.2) is 25.8 Å². The molecule has 0 aliphatic rings. The highest BCUT2D eigenvalue weighted by atomic mass is 16.6. The zero-order chi connectivity index (χ0) is 14.3. The van der Waals surface area contributed by atoms with E-state index >= 15 is 0 Å². The number of hydrogen-bond donors (Lipinski definition) is 0. The Balaban J connectivity index is 2.73. The van der Waals surface area contributed by atoms with E-state index in [-0.39, 0.29) is 17.3 Å². The summed E-state index contributed by atoms with van der Waals surface area (Å²) < 4.78 is 10.5. The van der Waals surface area contributed by atoms with Crippen molar-refractivity contribution in [1.82, 2.24) is 0 Å². The number of carbonyl (C=O) groups is 1. The zero-order valence-corrected chi connectivity index (χ0v) is 12.3. The Kier molecular flexibility index (Phi) is 6.03. The van der Waals surface area contributed by atoms with Crippen LogP contribution in [0.25, 0.3) is 0 Å². The van der Waals surface area contributed by atoms with Gasteiger partial charge in [-0.25, -0.2) is 0 Å². The summed E-state index contributed by atoms with van der Waals surface area (Å²) in [6, 6.07) is 9.78. The van der Waals surface area contributed by atoms with E-state index in [0.29, 0.717) is 19.8 Å². The Labute approximate surface area is 115 Å². The second-order valence-corrected chi connectivity index (χ2v) is 5.57. The summed E-state index contributed by atoms with van der Waals surface area (Å²) >= 11 is 0. The maximum absolute atomic E-state index is 12.3. The van der Waals surface area contributed by atoms with Crippen molar-refractivity contribution in [1.29, 1.82) is 0 Å². The van der Waals surface area contributed by atoms with Crippen molar-refractivity contribution >= 4 is 5.97 Å². The fraction of sp³-hybridized carbons (Fsp3) is 0.562. The molecule has 1 aromatic carbocycles. The monoisotopic (exact) mass is 264 g/mol. The van der Waals surface area contributed by atoms with Crippen molar-refractivity contribution in [3.8, 4) is 0 Å². The fourth-order valence-corrected chi connectivity index (χ4v) is 2.06. The van der Waals surface area contributed by atoms with E-state index in [1.165, 1.54) is 0 Å². The highest BCUT2D eigenvalue weighted by Gasteiger charge is 2.33. The van der Waals surface area contributed by atoms with Gasteiger partial charge in [-0.1, -0.05) is 51.1 Å². The van der Waals surface area contributed by atoms with Gasteiger partial charge in [-0.05, 0) is 17.9 Å². The van der Waals surface area contributed by atoms with Gasteiger partial charge in [0.05, 0.1) is 12.5 Å². The Morgan fingerprint density at radius 3 is 2.32 bits per heavy atom. The van der Waals surface area contributed by atoms with Crippen molar-refractivity contribution in [2.24, 2.45) is 5.41 Å². The van der Waals surface area contributed by atoms with E-state index in [2.05, 4.69) is 20.8 Å². The largest absolute Gasteiger partial charge is 0.463 e. The Morgan fingerprint density at radius 2 is 1.79 bits per heavy atom. The minimum atomic E-state index is -0.254. The fourth-order valence-electron chi connectivity index (χ4n) is 2.06. The molecule has 0 radical (unpaired) electrons. The predicted octanol–water partition coefficient (Wildman–Crippen LogP) is 3.40. The number of esters is 1. The molecule has 0 saturated heterocycles. The van der Waals surface area contributed by atoms with Crippen LogP contribution in [0.5, 0.6) is 0 Å². The van der Waals surface area contributed by atoms with Crippen molar-refractivity contribution < 1.29 is 14.3 Å². The van der Waals surface area contributed by atoms with Gasteiger partial charge in [-0.2, -0.15) is 0 Å². The molecule has 0 bridgehead atoms. The molecule has 0 aliphatic carbocycles. The van der Waals surface area contributed by atoms with Crippen molar-refractivity contribution in [2.75, 3.05) is 19.8 Å². The van der Waals surface area contributed by atoms with Crippen LogP contribution in [0.15, 0.2) is 30.3 Å². The molecule has 0 spiro atoms. The first-order valence-electron chi connectivity index (χ1n) is 6.76. The summed E-state index contributed by atoms with van der Waals surface area (Å²) in [5, 5.41) is 0. The summed E-state index contributed by atoms with van der Waals surface area (Å²) in [5.41, 5.74) is 0.820. The van der Waals surface area contributed by atoms with E-state index in [1.54, 1.807) is 0 Å². The van der Waals surface area contributed by atoms with Crippen LogP contribution < -0.4 is 0 Å². The Hall–Kier alpha value is -1.35. The van der Waals surface area contributed by atoms with Crippen molar-refractivity contribution in [2.45, 2.75) is 33.6 Å². The average Bonchev–Trinajstić information content (AvgIpc) is 2.34. The molecule has 1 unspecified atom stereocenters. The van der Waals surface area contributed by atoms with Gasteiger partial charge in [0.15, 0.2) is 0 Å². The van der Waals surface area contributed by atoms with Crippen LogP contribution in [0.1, 0.15) is 39.2 Å². The molecule has 0 fully saturated rings. The first kappa shape index (κ1) is 15.7. The molecule has 0 amide bonds. The normalized spacial score (nSPS) is 13.1. The molecule has 106 valence electrons. The molecule has 0 aliphatic heterocycles. The van der Waals surface area contributed by atoms with E-state index < -0.39 is 0 Å². The topological polar surface area (TPSA) is 35.5 Å². The number of hydrogen-bond acceptors (Lipinski definition) is 3. The second kappa shape index (κ2) is 7.29. The average molecular weight is 264 g/mol. The number of rotatable bonds is 6. The molecule has 0 N–H and O–H groups in total. The van der Waals surface area contributed by atoms with Crippen LogP contribution in [0, 0.1) is 5.41 Å². The highest BCUT2D eigenvalue weighted by Crippen LogP contribution is 2.35. The third-order valence-corrected chi connectivity index (χ3v) is 2.91. The van der Waals surface area contributed by atoms with E-state index in [0.717, 1.165) is 5.56 Å². The van der Waals surface area contributed by atoms with E-state index in [9.17, 15) is 4.79 Å². The molecular weight excluding hydrogens is 240 g/mol. The summed E-state index contributed by atoms with van der Waals surface area (Å²) in [6.45, 7) is 9.47. The SMILES string of the molecule is CCOCCOC(=O)C(c1ccccc1)C(C)(C)C. The number of carbonyl (C=O) groups excluding carboxylic acids is 1. The van der Waals surface area contributed by atoms with Gasteiger partial charge >= 0.3 is 5.97 Å². The van der Waals surface area contributed by atoms with Crippen molar-refractivity contribution in [3.05, 3.63) is 35.9 Å².